The molecule has 20 heavy (non-hydrogen) atoms. The first-order valence-corrected chi connectivity index (χ1v) is 8.52. The minimum absolute atomic E-state index is 0.183. The second-order valence-corrected chi connectivity index (χ2v) is 7.23. The summed E-state index contributed by atoms with van der Waals surface area (Å²) in [4.78, 5) is 0.279. The Kier molecular flexibility index (Phi) is 4.67. The fraction of sp³-hybridized carbons (Fsp3) is 0.571. The van der Waals surface area contributed by atoms with Crippen molar-refractivity contribution in [2.24, 2.45) is 5.73 Å². The summed E-state index contributed by atoms with van der Waals surface area (Å²) < 4.78 is 26.5. The Balaban J connectivity index is 2.34. The zero-order valence-corrected chi connectivity index (χ0v) is 12.7. The highest BCUT2D eigenvalue weighted by Gasteiger charge is 2.31. The molecule has 0 saturated heterocycles. The van der Waals surface area contributed by atoms with Gasteiger partial charge in [0.05, 0.1) is 5.69 Å². The zero-order valence-electron chi connectivity index (χ0n) is 11.9. The summed E-state index contributed by atoms with van der Waals surface area (Å²) in [5.74, 6) is 0. The third-order valence-corrected chi connectivity index (χ3v) is 5.52. The molecule has 2 rings (SSSR count). The van der Waals surface area contributed by atoms with Gasteiger partial charge in [0.2, 0.25) is 10.0 Å². The number of para-hydroxylation sites is 1. The van der Waals surface area contributed by atoms with Crippen molar-refractivity contribution in [1.29, 1.82) is 0 Å². The average Bonchev–Trinajstić information content (AvgIpc) is 2.48. The highest BCUT2D eigenvalue weighted by molar-refractivity contribution is 7.89. The van der Waals surface area contributed by atoms with Gasteiger partial charge in [-0.3, -0.25) is 0 Å². The predicted molar refractivity (Wildman–Crippen MR) is 81.2 cm³/mol. The van der Waals surface area contributed by atoms with Gasteiger partial charge in [0.1, 0.15) is 4.90 Å². The summed E-state index contributed by atoms with van der Waals surface area (Å²) in [6.45, 7) is 0.515. The lowest BCUT2D eigenvalue weighted by molar-refractivity contribution is 0.330. The van der Waals surface area contributed by atoms with Crippen molar-refractivity contribution < 1.29 is 8.42 Å². The van der Waals surface area contributed by atoms with Crippen LogP contribution in [0.1, 0.15) is 32.1 Å². The van der Waals surface area contributed by atoms with Gasteiger partial charge in [0.25, 0.3) is 0 Å². The monoisotopic (exact) mass is 297 g/mol. The minimum Gasteiger partial charge on any atom is -0.377 e. The number of rotatable bonds is 5. The van der Waals surface area contributed by atoms with E-state index in [-0.39, 0.29) is 10.4 Å². The van der Waals surface area contributed by atoms with E-state index in [1.807, 2.05) is 6.07 Å². The molecule has 0 atom stereocenters. The summed E-state index contributed by atoms with van der Waals surface area (Å²) in [5.41, 5.74) is 6.40. The first-order valence-electron chi connectivity index (χ1n) is 7.04. The molecule has 0 bridgehead atoms. The van der Waals surface area contributed by atoms with Crippen LogP contribution in [0.25, 0.3) is 0 Å². The maximum Gasteiger partial charge on any atom is 0.242 e. The van der Waals surface area contributed by atoms with Crippen LogP contribution in [0.15, 0.2) is 29.2 Å². The molecule has 0 radical (unpaired) electrons. The number of anilines is 1. The Labute approximate surface area is 121 Å². The van der Waals surface area contributed by atoms with Crippen LogP contribution in [0.3, 0.4) is 0 Å². The lowest BCUT2D eigenvalue weighted by Gasteiger charge is -2.38. The van der Waals surface area contributed by atoms with E-state index in [1.165, 1.54) is 13.5 Å². The topological polar surface area (TPSA) is 84.2 Å². The molecule has 0 aliphatic heterocycles. The molecule has 0 amide bonds. The van der Waals surface area contributed by atoms with Gasteiger partial charge in [-0.25, -0.2) is 13.1 Å². The summed E-state index contributed by atoms with van der Waals surface area (Å²) in [7, 11) is -2.05. The Bertz CT molecular complexity index is 551. The van der Waals surface area contributed by atoms with Gasteiger partial charge in [0, 0.05) is 12.1 Å². The van der Waals surface area contributed by atoms with Crippen LogP contribution in [-0.2, 0) is 10.0 Å². The average molecular weight is 297 g/mol. The number of sulfonamides is 1. The van der Waals surface area contributed by atoms with E-state index in [0.717, 1.165) is 25.7 Å². The van der Waals surface area contributed by atoms with Gasteiger partial charge in [-0.1, -0.05) is 31.4 Å². The fourth-order valence-electron chi connectivity index (χ4n) is 2.81. The molecule has 1 aliphatic carbocycles. The van der Waals surface area contributed by atoms with E-state index < -0.39 is 10.0 Å². The third-order valence-electron chi connectivity index (χ3n) is 4.05. The molecule has 1 aliphatic rings. The van der Waals surface area contributed by atoms with Gasteiger partial charge in [-0.2, -0.15) is 0 Å². The number of nitrogens with two attached hydrogens (primary N) is 1. The van der Waals surface area contributed by atoms with E-state index in [9.17, 15) is 8.42 Å². The molecule has 0 spiro atoms. The van der Waals surface area contributed by atoms with Crippen LogP contribution in [0, 0.1) is 0 Å². The highest BCUT2D eigenvalue weighted by atomic mass is 32.2. The van der Waals surface area contributed by atoms with Crippen molar-refractivity contribution >= 4 is 15.7 Å². The van der Waals surface area contributed by atoms with Gasteiger partial charge in [-0.05, 0) is 32.0 Å². The number of hydrogen-bond acceptors (Lipinski definition) is 4. The van der Waals surface area contributed by atoms with Crippen LogP contribution >= 0.6 is 0 Å². The van der Waals surface area contributed by atoms with Crippen molar-refractivity contribution in [3.63, 3.8) is 0 Å². The maximum absolute atomic E-state index is 12.1. The van der Waals surface area contributed by atoms with Crippen LogP contribution in [0.2, 0.25) is 0 Å². The summed E-state index contributed by atoms with van der Waals surface area (Å²) in [5, 5.41) is 3.41. The molecule has 6 heteroatoms. The molecule has 4 N–H and O–H groups in total. The molecule has 1 fully saturated rings. The summed E-state index contributed by atoms with van der Waals surface area (Å²) in [6.07, 6.45) is 5.45. The quantitative estimate of drug-likeness (QED) is 0.772. The maximum atomic E-state index is 12.1. The molecule has 0 heterocycles. The van der Waals surface area contributed by atoms with Crippen LogP contribution < -0.4 is 15.8 Å². The Morgan fingerprint density at radius 3 is 2.45 bits per heavy atom. The Morgan fingerprint density at radius 2 is 1.85 bits per heavy atom. The van der Waals surface area contributed by atoms with E-state index >= 15 is 0 Å². The second kappa shape index (κ2) is 6.11. The van der Waals surface area contributed by atoms with E-state index in [1.54, 1.807) is 18.2 Å². The van der Waals surface area contributed by atoms with Crippen LogP contribution in [0.4, 0.5) is 5.69 Å². The van der Waals surface area contributed by atoms with Crippen molar-refractivity contribution in [3.05, 3.63) is 24.3 Å². The van der Waals surface area contributed by atoms with Crippen molar-refractivity contribution in [1.82, 2.24) is 4.72 Å². The molecular weight excluding hydrogens is 274 g/mol. The normalized spacial score (nSPS) is 18.7. The number of benzene rings is 1. The van der Waals surface area contributed by atoms with E-state index in [0.29, 0.717) is 12.2 Å². The summed E-state index contributed by atoms with van der Waals surface area (Å²) in [6, 6.07) is 6.98. The molecule has 112 valence electrons. The molecule has 1 saturated carbocycles. The van der Waals surface area contributed by atoms with Crippen molar-refractivity contribution in [2.45, 2.75) is 42.5 Å². The first-order chi connectivity index (χ1) is 9.53. The molecule has 1 aromatic carbocycles. The number of nitrogens with one attached hydrogen (secondary N) is 2. The molecular formula is C14H23N3O2S. The fourth-order valence-corrected chi connectivity index (χ4v) is 3.69. The van der Waals surface area contributed by atoms with Crippen LogP contribution in [-0.4, -0.2) is 27.5 Å². The highest BCUT2D eigenvalue weighted by Crippen LogP contribution is 2.33. The van der Waals surface area contributed by atoms with E-state index in [2.05, 4.69) is 10.0 Å². The SMILES string of the molecule is CNS(=O)(=O)c1ccccc1NC1(CN)CCCCC1. The second-order valence-electron chi connectivity index (χ2n) is 5.37. The molecule has 0 unspecified atom stereocenters. The van der Waals surface area contributed by atoms with Crippen molar-refractivity contribution in [2.75, 3.05) is 18.9 Å². The largest absolute Gasteiger partial charge is 0.377 e. The first kappa shape index (κ1) is 15.3. The van der Waals surface area contributed by atoms with Gasteiger partial charge in [-0.15, -0.1) is 0 Å². The smallest absolute Gasteiger partial charge is 0.242 e. The van der Waals surface area contributed by atoms with Crippen LogP contribution in [0.5, 0.6) is 0 Å². The van der Waals surface area contributed by atoms with Gasteiger partial charge >= 0.3 is 0 Å². The lowest BCUT2D eigenvalue weighted by Crippen LogP contribution is -2.47. The zero-order chi connectivity index (χ0) is 14.6. The standard InChI is InChI=1S/C14H23N3O2S/c1-16-20(18,19)13-8-4-3-7-12(13)17-14(11-15)9-5-2-6-10-14/h3-4,7-8,16-17H,2,5-6,9-11,15H2,1H3. The third kappa shape index (κ3) is 3.13. The molecule has 0 aromatic heterocycles. The van der Waals surface area contributed by atoms with Gasteiger partial charge in [0.15, 0.2) is 0 Å². The Morgan fingerprint density at radius 1 is 1.20 bits per heavy atom. The van der Waals surface area contributed by atoms with Crippen molar-refractivity contribution in [3.8, 4) is 0 Å². The van der Waals surface area contributed by atoms with Gasteiger partial charge < -0.3 is 11.1 Å². The minimum atomic E-state index is -3.47. The molecule has 1 aromatic rings. The molecule has 5 nitrogen and oxygen atoms in total. The lowest BCUT2D eigenvalue weighted by atomic mass is 9.81. The summed E-state index contributed by atoms with van der Waals surface area (Å²) >= 11 is 0. The Hall–Kier alpha value is -1.11. The number of hydrogen-bond donors (Lipinski definition) is 3. The predicted octanol–water partition coefficient (Wildman–Crippen LogP) is 1.67. The van der Waals surface area contributed by atoms with E-state index in [4.69, 9.17) is 5.73 Å².